The molecule has 1 N–H and O–H groups in total. The summed E-state index contributed by atoms with van der Waals surface area (Å²) in [5, 5.41) is 0.704. The normalized spacial score (nSPS) is 11.4. The Hall–Kier alpha value is -2.06. The summed E-state index contributed by atoms with van der Waals surface area (Å²) in [6, 6.07) is 10.8. The summed E-state index contributed by atoms with van der Waals surface area (Å²) >= 11 is 18.3. The summed E-state index contributed by atoms with van der Waals surface area (Å²) in [5.41, 5.74) is 2.59. The van der Waals surface area contributed by atoms with E-state index in [9.17, 15) is 8.42 Å². The van der Waals surface area contributed by atoms with Crippen molar-refractivity contribution in [2.45, 2.75) is 18.7 Å². The lowest BCUT2D eigenvalue weighted by Gasteiger charge is -2.20. The molecule has 0 aliphatic rings. The van der Waals surface area contributed by atoms with Crippen molar-refractivity contribution in [2.24, 2.45) is 0 Å². The van der Waals surface area contributed by atoms with Gasteiger partial charge in [0.2, 0.25) is 5.95 Å². The van der Waals surface area contributed by atoms with E-state index in [1.807, 2.05) is 19.9 Å². The number of hydrogen-bond donors (Lipinski definition) is 1. The Kier molecular flexibility index (Phi) is 6.24. The molecule has 0 amide bonds. The Morgan fingerprint density at radius 3 is 2.14 bits per heavy atom. The van der Waals surface area contributed by atoms with E-state index in [0.717, 1.165) is 11.4 Å². The summed E-state index contributed by atoms with van der Waals surface area (Å²) in [6.45, 7) is 3.76. The van der Waals surface area contributed by atoms with Gasteiger partial charge in [-0.1, -0.05) is 34.8 Å². The molecule has 3 rings (SSSR count). The van der Waals surface area contributed by atoms with Gasteiger partial charge in [-0.3, -0.25) is 4.72 Å². The first kappa shape index (κ1) is 21.6. The first-order chi connectivity index (χ1) is 13.6. The van der Waals surface area contributed by atoms with E-state index < -0.39 is 10.0 Å². The monoisotopic (exact) mass is 470 g/mol. The van der Waals surface area contributed by atoms with Gasteiger partial charge in [0.15, 0.2) is 0 Å². The Balaban J connectivity index is 1.89. The molecule has 0 radical (unpaired) electrons. The summed E-state index contributed by atoms with van der Waals surface area (Å²) in [7, 11) is -2.13. The van der Waals surface area contributed by atoms with Gasteiger partial charge >= 0.3 is 0 Å². The Labute approximate surface area is 184 Å². The van der Waals surface area contributed by atoms with Crippen LogP contribution in [-0.2, 0) is 10.0 Å². The first-order valence-electron chi connectivity index (χ1n) is 8.40. The number of aromatic nitrogens is 2. The molecule has 29 heavy (non-hydrogen) atoms. The number of hydrogen-bond acceptors (Lipinski definition) is 5. The van der Waals surface area contributed by atoms with E-state index >= 15 is 0 Å². The van der Waals surface area contributed by atoms with Crippen LogP contribution >= 0.6 is 34.8 Å². The number of halogens is 3. The van der Waals surface area contributed by atoms with Crippen molar-refractivity contribution in [1.82, 2.24) is 9.97 Å². The summed E-state index contributed by atoms with van der Waals surface area (Å²) in [4.78, 5) is 10.5. The first-order valence-corrected chi connectivity index (χ1v) is 11.0. The van der Waals surface area contributed by atoms with Gasteiger partial charge in [0, 0.05) is 23.5 Å². The van der Waals surface area contributed by atoms with Crippen molar-refractivity contribution in [3.05, 3.63) is 68.9 Å². The third-order valence-corrected chi connectivity index (χ3v) is 6.42. The minimum Gasteiger partial charge on any atom is -0.312 e. The van der Waals surface area contributed by atoms with Crippen LogP contribution in [0.4, 0.5) is 17.3 Å². The predicted molar refractivity (Wildman–Crippen MR) is 118 cm³/mol. The molecule has 2 aromatic carbocycles. The highest BCUT2D eigenvalue weighted by Crippen LogP contribution is 2.33. The van der Waals surface area contributed by atoms with Crippen LogP contribution in [0.2, 0.25) is 15.1 Å². The highest BCUT2D eigenvalue weighted by atomic mass is 35.5. The number of aryl methyl sites for hydroxylation is 2. The number of sulfonamides is 1. The second-order valence-electron chi connectivity index (χ2n) is 6.36. The molecule has 0 saturated heterocycles. The van der Waals surface area contributed by atoms with E-state index in [2.05, 4.69) is 14.7 Å². The average molecular weight is 472 g/mol. The Morgan fingerprint density at radius 1 is 0.897 bits per heavy atom. The van der Waals surface area contributed by atoms with Gasteiger partial charge in [-0.2, -0.15) is 0 Å². The molecule has 1 heterocycles. The Bertz CT molecular complexity index is 1170. The Morgan fingerprint density at radius 2 is 1.55 bits per heavy atom. The zero-order valence-corrected chi connectivity index (χ0v) is 18.8. The van der Waals surface area contributed by atoms with E-state index in [-0.39, 0.29) is 9.92 Å². The average Bonchev–Trinajstić information content (AvgIpc) is 2.59. The van der Waals surface area contributed by atoms with Gasteiger partial charge in [-0.25, -0.2) is 18.4 Å². The van der Waals surface area contributed by atoms with Crippen molar-refractivity contribution in [2.75, 3.05) is 16.7 Å². The molecule has 10 heteroatoms. The SMILES string of the molecule is Cc1cc(C)nc(N(C)c2ccc(NS(=O)(=O)c3ccc(Cl)cc3Cl)cc2Cl)n1. The number of rotatable bonds is 5. The highest BCUT2D eigenvalue weighted by Gasteiger charge is 2.19. The van der Waals surface area contributed by atoms with Crippen LogP contribution in [0.1, 0.15) is 11.4 Å². The van der Waals surface area contributed by atoms with Gasteiger partial charge in [0.25, 0.3) is 10.0 Å². The highest BCUT2D eigenvalue weighted by molar-refractivity contribution is 7.92. The zero-order chi connectivity index (χ0) is 21.3. The molecule has 0 atom stereocenters. The molecule has 1 aromatic heterocycles. The maximum Gasteiger partial charge on any atom is 0.263 e. The molecule has 0 saturated carbocycles. The summed E-state index contributed by atoms with van der Waals surface area (Å²) < 4.78 is 27.8. The van der Waals surface area contributed by atoms with Crippen molar-refractivity contribution in [1.29, 1.82) is 0 Å². The molecule has 152 valence electrons. The van der Waals surface area contributed by atoms with Crippen LogP contribution < -0.4 is 9.62 Å². The third-order valence-electron chi connectivity index (χ3n) is 4.02. The van der Waals surface area contributed by atoms with E-state index in [1.54, 1.807) is 24.1 Å². The molecule has 0 spiro atoms. The van der Waals surface area contributed by atoms with Crippen molar-refractivity contribution < 1.29 is 8.42 Å². The topological polar surface area (TPSA) is 75.2 Å². The van der Waals surface area contributed by atoms with Gasteiger partial charge in [-0.05, 0) is 56.3 Å². The number of nitrogens with zero attached hydrogens (tertiary/aromatic N) is 3. The smallest absolute Gasteiger partial charge is 0.263 e. The lowest BCUT2D eigenvalue weighted by molar-refractivity contribution is 0.601. The van der Waals surface area contributed by atoms with Gasteiger partial charge in [0.05, 0.1) is 21.4 Å². The minimum absolute atomic E-state index is 0.0272. The fourth-order valence-corrected chi connectivity index (χ4v) is 4.84. The van der Waals surface area contributed by atoms with Gasteiger partial charge < -0.3 is 4.90 Å². The van der Waals surface area contributed by atoms with Gasteiger partial charge in [-0.15, -0.1) is 0 Å². The van der Waals surface area contributed by atoms with Gasteiger partial charge in [0.1, 0.15) is 4.90 Å². The summed E-state index contributed by atoms with van der Waals surface area (Å²) in [5.74, 6) is 0.491. The predicted octanol–water partition coefficient (Wildman–Crippen LogP) is 5.62. The van der Waals surface area contributed by atoms with Crippen molar-refractivity contribution in [3.8, 4) is 0 Å². The fraction of sp³-hybridized carbons (Fsp3) is 0.158. The van der Waals surface area contributed by atoms with Crippen molar-refractivity contribution >= 4 is 62.1 Å². The number of nitrogens with one attached hydrogen (secondary N) is 1. The standard InChI is InChI=1S/C19H17Cl3N4O2S/c1-11-8-12(2)24-19(23-11)26(3)17-6-5-14(10-15(17)21)25-29(27,28)18-7-4-13(20)9-16(18)22/h4-10,25H,1-3H3. The quantitative estimate of drug-likeness (QED) is 0.522. The summed E-state index contributed by atoms with van der Waals surface area (Å²) in [6.07, 6.45) is 0. The van der Waals surface area contributed by atoms with Crippen LogP contribution in [0.5, 0.6) is 0 Å². The molecule has 0 aliphatic heterocycles. The minimum atomic E-state index is -3.91. The van der Waals surface area contributed by atoms with Crippen LogP contribution in [-0.4, -0.2) is 25.4 Å². The van der Waals surface area contributed by atoms with E-state index in [4.69, 9.17) is 34.8 Å². The molecule has 0 bridgehead atoms. The number of anilines is 3. The fourth-order valence-electron chi connectivity index (χ4n) is 2.71. The molecule has 3 aromatic rings. The molecule has 0 fully saturated rings. The molecular weight excluding hydrogens is 455 g/mol. The maximum absolute atomic E-state index is 12.6. The van der Waals surface area contributed by atoms with Crippen LogP contribution in [0.25, 0.3) is 0 Å². The molecular formula is C19H17Cl3N4O2S. The largest absolute Gasteiger partial charge is 0.312 e. The second kappa shape index (κ2) is 8.36. The zero-order valence-electron chi connectivity index (χ0n) is 15.7. The molecule has 0 unspecified atom stereocenters. The van der Waals surface area contributed by atoms with E-state index in [1.165, 1.54) is 24.3 Å². The second-order valence-corrected chi connectivity index (χ2v) is 9.26. The lowest BCUT2D eigenvalue weighted by Crippen LogP contribution is -2.16. The van der Waals surface area contributed by atoms with Crippen molar-refractivity contribution in [3.63, 3.8) is 0 Å². The van der Waals surface area contributed by atoms with Crippen LogP contribution in [0, 0.1) is 13.8 Å². The molecule has 0 aliphatic carbocycles. The third kappa shape index (κ3) is 4.93. The molecule has 6 nitrogen and oxygen atoms in total. The maximum atomic E-state index is 12.6. The number of benzene rings is 2. The lowest BCUT2D eigenvalue weighted by atomic mass is 10.2. The van der Waals surface area contributed by atoms with Crippen LogP contribution in [0.3, 0.4) is 0 Å². The van der Waals surface area contributed by atoms with Crippen LogP contribution in [0.15, 0.2) is 47.4 Å². The van der Waals surface area contributed by atoms with E-state index in [0.29, 0.717) is 27.4 Å².